The Labute approximate surface area is 197 Å². The number of aliphatic hydroxyl groups is 1. The number of furan rings is 1. The third-order valence-corrected chi connectivity index (χ3v) is 5.86. The number of Topliss-reactive ketones (excluding diaryl/α,β-unsaturated/α-hetero) is 1. The number of aliphatic hydroxyl groups excluding tert-OH is 1. The maximum absolute atomic E-state index is 13.5. The Morgan fingerprint density at radius 2 is 1.74 bits per heavy atom. The van der Waals surface area contributed by atoms with Crippen LogP contribution in [0, 0.1) is 12.7 Å². The summed E-state index contributed by atoms with van der Waals surface area (Å²) in [5.74, 6) is -0.945. The molecule has 4 rings (SSSR count). The molecule has 2 aromatic carbocycles. The second-order valence-electron chi connectivity index (χ2n) is 9.26. The van der Waals surface area contributed by atoms with Gasteiger partial charge in [-0.3, -0.25) is 14.5 Å². The largest absolute Gasteiger partial charge is 0.507 e. The average Bonchev–Trinajstić information content (AvgIpc) is 3.34. The van der Waals surface area contributed by atoms with Gasteiger partial charge in [-0.25, -0.2) is 4.39 Å². The summed E-state index contributed by atoms with van der Waals surface area (Å²) in [5.41, 5.74) is 1.10. The van der Waals surface area contributed by atoms with E-state index in [1.807, 2.05) is 20.8 Å². The Balaban J connectivity index is 1.94. The molecular weight excluding hydrogens is 437 g/mol. The fraction of sp³-hybridized carbons (Fsp3) is 0.259. The molecular formula is C27H26FNO5. The lowest BCUT2D eigenvalue weighted by Crippen LogP contribution is -2.29. The molecule has 1 unspecified atom stereocenters. The predicted octanol–water partition coefficient (Wildman–Crippen LogP) is 5.66. The van der Waals surface area contributed by atoms with Gasteiger partial charge in [-0.2, -0.15) is 0 Å². The lowest BCUT2D eigenvalue weighted by molar-refractivity contribution is -0.132. The standard InChI is InChI=1S/C27H26FNO5/c1-15-6-12-21(34-15)23-22(25(31)26(32)29(23)18-10-8-17(28)9-11-18)24(30)16-7-13-20(33-5)19(14-16)27(2,3)4/h6-14,23,30H,1-5H3/b24-22-. The maximum Gasteiger partial charge on any atom is 0.300 e. The number of hydrogen-bond donors (Lipinski definition) is 1. The Hall–Kier alpha value is -3.87. The van der Waals surface area contributed by atoms with Crippen molar-refractivity contribution >= 4 is 23.1 Å². The number of benzene rings is 2. The van der Waals surface area contributed by atoms with Gasteiger partial charge in [0.1, 0.15) is 34.9 Å². The topological polar surface area (TPSA) is 80.0 Å². The number of carbonyl (C=O) groups excluding carboxylic acids is 2. The number of carbonyl (C=O) groups is 2. The van der Waals surface area contributed by atoms with Crippen LogP contribution in [0.2, 0.25) is 0 Å². The number of nitrogens with zero attached hydrogens (tertiary/aromatic N) is 1. The molecule has 6 nitrogen and oxygen atoms in total. The van der Waals surface area contributed by atoms with E-state index in [0.717, 1.165) is 5.56 Å². The van der Waals surface area contributed by atoms with Crippen LogP contribution < -0.4 is 9.64 Å². The Kier molecular flexibility index (Phi) is 5.81. The zero-order valence-corrected chi connectivity index (χ0v) is 19.7. The van der Waals surface area contributed by atoms with Crippen LogP contribution in [0.1, 0.15) is 49.5 Å². The number of anilines is 1. The second kappa shape index (κ2) is 8.48. The third-order valence-electron chi connectivity index (χ3n) is 5.86. The summed E-state index contributed by atoms with van der Waals surface area (Å²) < 4.78 is 24.8. The maximum atomic E-state index is 13.5. The third kappa shape index (κ3) is 3.98. The highest BCUT2D eigenvalue weighted by Gasteiger charge is 2.48. The molecule has 1 amide bonds. The Morgan fingerprint density at radius 3 is 2.29 bits per heavy atom. The van der Waals surface area contributed by atoms with Gasteiger partial charge >= 0.3 is 0 Å². The number of halogens is 1. The SMILES string of the molecule is COc1ccc(/C(O)=C2/C(=O)C(=O)N(c3ccc(F)cc3)C2c2ccc(C)o2)cc1C(C)(C)C. The number of ketones is 1. The van der Waals surface area contributed by atoms with E-state index in [1.165, 1.54) is 29.2 Å². The predicted molar refractivity (Wildman–Crippen MR) is 126 cm³/mol. The number of rotatable bonds is 4. The molecule has 0 aliphatic carbocycles. The summed E-state index contributed by atoms with van der Waals surface area (Å²) in [6, 6.07) is 12.7. The van der Waals surface area contributed by atoms with Crippen LogP contribution in [0.15, 0.2) is 64.6 Å². The van der Waals surface area contributed by atoms with Crippen molar-refractivity contribution in [3.63, 3.8) is 0 Å². The smallest absolute Gasteiger partial charge is 0.300 e. The molecule has 176 valence electrons. The van der Waals surface area contributed by atoms with Gasteiger partial charge in [0, 0.05) is 16.8 Å². The number of aryl methyl sites for hydroxylation is 1. The molecule has 1 aliphatic rings. The molecule has 2 heterocycles. The highest BCUT2D eigenvalue weighted by molar-refractivity contribution is 6.51. The van der Waals surface area contributed by atoms with Crippen molar-refractivity contribution in [1.82, 2.24) is 0 Å². The number of amides is 1. The van der Waals surface area contributed by atoms with Crippen molar-refractivity contribution in [1.29, 1.82) is 0 Å². The van der Waals surface area contributed by atoms with Gasteiger partial charge in [0.25, 0.3) is 11.7 Å². The molecule has 1 aliphatic heterocycles. The van der Waals surface area contributed by atoms with Crippen molar-refractivity contribution in [3.8, 4) is 5.75 Å². The van der Waals surface area contributed by atoms with Gasteiger partial charge in [-0.1, -0.05) is 20.8 Å². The van der Waals surface area contributed by atoms with Crippen molar-refractivity contribution in [2.45, 2.75) is 39.2 Å². The zero-order chi connectivity index (χ0) is 24.8. The van der Waals surface area contributed by atoms with E-state index in [9.17, 15) is 19.1 Å². The van der Waals surface area contributed by atoms with E-state index >= 15 is 0 Å². The highest BCUT2D eigenvalue weighted by atomic mass is 19.1. The molecule has 3 aromatic rings. The number of ether oxygens (including phenoxy) is 1. The summed E-state index contributed by atoms with van der Waals surface area (Å²) >= 11 is 0. The molecule has 7 heteroatoms. The average molecular weight is 464 g/mol. The van der Waals surface area contributed by atoms with Crippen LogP contribution in [-0.2, 0) is 15.0 Å². The van der Waals surface area contributed by atoms with Crippen LogP contribution in [0.3, 0.4) is 0 Å². The lowest BCUT2D eigenvalue weighted by atomic mass is 9.84. The first-order valence-corrected chi connectivity index (χ1v) is 10.8. The van der Waals surface area contributed by atoms with Crippen molar-refractivity contribution in [3.05, 3.63) is 88.6 Å². The molecule has 1 saturated heterocycles. The Bertz CT molecular complexity index is 1300. The first-order valence-electron chi connectivity index (χ1n) is 10.8. The van der Waals surface area contributed by atoms with E-state index in [1.54, 1.807) is 44.4 Å². The number of methoxy groups -OCH3 is 1. The van der Waals surface area contributed by atoms with Crippen molar-refractivity contribution in [2.24, 2.45) is 0 Å². The minimum atomic E-state index is -1.01. The van der Waals surface area contributed by atoms with Gasteiger partial charge in [0.15, 0.2) is 0 Å². The molecule has 0 bridgehead atoms. The van der Waals surface area contributed by atoms with Crippen LogP contribution >= 0.6 is 0 Å². The molecule has 1 atom stereocenters. The second-order valence-corrected chi connectivity index (χ2v) is 9.26. The summed E-state index contributed by atoms with van der Waals surface area (Å²) in [4.78, 5) is 27.6. The van der Waals surface area contributed by atoms with E-state index in [4.69, 9.17) is 9.15 Å². The normalized spacial score (nSPS) is 17.9. The van der Waals surface area contributed by atoms with Crippen molar-refractivity contribution in [2.75, 3.05) is 12.0 Å². The quantitative estimate of drug-likeness (QED) is 0.307. The van der Waals surface area contributed by atoms with E-state index in [-0.39, 0.29) is 16.7 Å². The molecule has 0 saturated carbocycles. The molecule has 34 heavy (non-hydrogen) atoms. The van der Waals surface area contributed by atoms with Gasteiger partial charge in [-0.05, 0) is 66.9 Å². The molecule has 1 fully saturated rings. The van der Waals surface area contributed by atoms with Crippen LogP contribution in [0.25, 0.3) is 5.76 Å². The van der Waals surface area contributed by atoms with Gasteiger partial charge < -0.3 is 14.3 Å². The fourth-order valence-corrected chi connectivity index (χ4v) is 4.17. The minimum absolute atomic E-state index is 0.103. The van der Waals surface area contributed by atoms with Crippen LogP contribution in [0.4, 0.5) is 10.1 Å². The van der Waals surface area contributed by atoms with Gasteiger partial charge in [0.2, 0.25) is 0 Å². The molecule has 0 radical (unpaired) electrons. The fourth-order valence-electron chi connectivity index (χ4n) is 4.17. The monoisotopic (exact) mass is 463 g/mol. The van der Waals surface area contributed by atoms with E-state index in [2.05, 4.69) is 0 Å². The van der Waals surface area contributed by atoms with Crippen molar-refractivity contribution < 1.29 is 28.2 Å². The highest BCUT2D eigenvalue weighted by Crippen LogP contribution is 2.43. The van der Waals surface area contributed by atoms with Gasteiger partial charge in [-0.15, -0.1) is 0 Å². The molecule has 1 N–H and O–H groups in total. The number of hydrogen-bond acceptors (Lipinski definition) is 5. The summed E-state index contributed by atoms with van der Waals surface area (Å²) in [6.45, 7) is 7.77. The summed E-state index contributed by atoms with van der Waals surface area (Å²) in [6.07, 6.45) is 0. The minimum Gasteiger partial charge on any atom is -0.507 e. The van der Waals surface area contributed by atoms with Gasteiger partial charge in [0.05, 0.1) is 12.7 Å². The molecule has 1 aromatic heterocycles. The first kappa shape index (κ1) is 23.3. The van der Waals surface area contributed by atoms with E-state index in [0.29, 0.717) is 28.5 Å². The Morgan fingerprint density at radius 1 is 1.06 bits per heavy atom. The zero-order valence-electron chi connectivity index (χ0n) is 19.7. The lowest BCUT2D eigenvalue weighted by Gasteiger charge is -2.24. The van der Waals surface area contributed by atoms with Crippen LogP contribution in [0.5, 0.6) is 5.75 Å². The summed E-state index contributed by atoms with van der Waals surface area (Å²) in [7, 11) is 1.57. The molecule has 0 spiro atoms. The summed E-state index contributed by atoms with van der Waals surface area (Å²) in [5, 5.41) is 11.3. The van der Waals surface area contributed by atoms with Crippen LogP contribution in [-0.4, -0.2) is 23.9 Å². The van der Waals surface area contributed by atoms with E-state index < -0.39 is 23.5 Å². The first-order chi connectivity index (χ1) is 16.0.